The number of benzene rings is 1. The van der Waals surface area contributed by atoms with Crippen molar-refractivity contribution < 1.29 is 19.4 Å². The van der Waals surface area contributed by atoms with E-state index in [1.807, 2.05) is 20.8 Å². The van der Waals surface area contributed by atoms with Gasteiger partial charge in [0.15, 0.2) is 0 Å². The monoisotopic (exact) mass is 424 g/mol. The van der Waals surface area contributed by atoms with Crippen LogP contribution in [-0.2, 0) is 9.53 Å². The van der Waals surface area contributed by atoms with E-state index < -0.39 is 11.7 Å². The molecule has 1 N–H and O–H groups in total. The van der Waals surface area contributed by atoms with Crippen LogP contribution in [0.2, 0.25) is 5.02 Å². The Bertz CT molecular complexity index is 683. The molecule has 4 unspecified atom stereocenters. The summed E-state index contributed by atoms with van der Waals surface area (Å²) in [6.07, 6.45) is 4.02. The summed E-state index contributed by atoms with van der Waals surface area (Å²) < 4.78 is 11.9. The smallest absolute Gasteiger partial charge is 0.313 e. The number of carbonyl (C=O) groups is 1. The predicted molar refractivity (Wildman–Crippen MR) is 117 cm³/mol. The molecular formula is C24H37ClO4. The van der Waals surface area contributed by atoms with E-state index in [2.05, 4.69) is 20.8 Å². The van der Waals surface area contributed by atoms with Crippen molar-refractivity contribution in [3.05, 3.63) is 28.8 Å². The molecule has 1 aliphatic rings. The van der Waals surface area contributed by atoms with Crippen molar-refractivity contribution in [2.75, 3.05) is 0 Å². The zero-order valence-corrected chi connectivity index (χ0v) is 19.5. The van der Waals surface area contributed by atoms with Gasteiger partial charge in [0.25, 0.3) is 0 Å². The van der Waals surface area contributed by atoms with Gasteiger partial charge in [0.05, 0.1) is 5.92 Å². The van der Waals surface area contributed by atoms with E-state index in [1.165, 1.54) is 6.42 Å². The zero-order valence-electron chi connectivity index (χ0n) is 18.7. The molecule has 0 radical (unpaired) electrons. The second-order valence-electron chi connectivity index (χ2n) is 8.96. The number of halogens is 1. The van der Waals surface area contributed by atoms with Crippen LogP contribution in [0.25, 0.3) is 0 Å². The lowest BCUT2D eigenvalue weighted by Gasteiger charge is -2.37. The van der Waals surface area contributed by atoms with Gasteiger partial charge < -0.3 is 14.6 Å². The van der Waals surface area contributed by atoms with E-state index in [9.17, 15) is 9.90 Å². The molecular weight excluding hydrogens is 388 g/mol. The van der Waals surface area contributed by atoms with Gasteiger partial charge in [0.2, 0.25) is 5.79 Å². The Hall–Kier alpha value is -1.26. The van der Waals surface area contributed by atoms with Gasteiger partial charge in [0, 0.05) is 23.4 Å². The molecule has 1 aromatic rings. The molecule has 0 heterocycles. The van der Waals surface area contributed by atoms with Crippen molar-refractivity contribution in [1.29, 1.82) is 0 Å². The molecule has 1 saturated carbocycles. The molecule has 4 nitrogen and oxygen atoms in total. The molecule has 0 bridgehead atoms. The van der Waals surface area contributed by atoms with E-state index >= 15 is 0 Å². The van der Waals surface area contributed by atoms with E-state index in [-0.39, 0.29) is 12.1 Å². The summed E-state index contributed by atoms with van der Waals surface area (Å²) in [5.74, 6) is -0.166. The molecule has 4 atom stereocenters. The number of aliphatic hydroxyl groups is 1. The van der Waals surface area contributed by atoms with Crippen molar-refractivity contribution >= 4 is 17.6 Å². The Labute approximate surface area is 180 Å². The molecule has 164 valence electrons. The van der Waals surface area contributed by atoms with Crippen molar-refractivity contribution in [3.63, 3.8) is 0 Å². The van der Waals surface area contributed by atoms with Crippen LogP contribution >= 0.6 is 11.6 Å². The van der Waals surface area contributed by atoms with Crippen molar-refractivity contribution in [2.45, 2.75) is 91.5 Å². The van der Waals surface area contributed by atoms with Gasteiger partial charge in [-0.15, -0.1) is 0 Å². The Kier molecular flexibility index (Phi) is 8.42. The third kappa shape index (κ3) is 6.11. The lowest BCUT2D eigenvalue weighted by Crippen LogP contribution is -2.37. The normalized spacial score (nSPS) is 23.7. The molecule has 0 aromatic heterocycles. The SMILES string of the molecule is CCC(O)(CC)Oc1ccc(Cl)cc1C(C)C(=O)OC1CC(C)CCC1C(C)C. The van der Waals surface area contributed by atoms with Crippen LogP contribution in [0.5, 0.6) is 5.75 Å². The highest BCUT2D eigenvalue weighted by atomic mass is 35.5. The number of hydrogen-bond donors (Lipinski definition) is 1. The minimum absolute atomic E-state index is 0.0551. The molecule has 0 spiro atoms. The quantitative estimate of drug-likeness (QED) is 0.391. The highest BCUT2D eigenvalue weighted by molar-refractivity contribution is 6.30. The first-order valence-electron chi connectivity index (χ1n) is 11.0. The maximum atomic E-state index is 13.1. The molecule has 0 amide bonds. The van der Waals surface area contributed by atoms with E-state index in [1.54, 1.807) is 18.2 Å². The Balaban J connectivity index is 2.23. The molecule has 1 fully saturated rings. The summed E-state index contributed by atoms with van der Waals surface area (Å²) in [6.45, 7) is 12.2. The molecule has 5 heteroatoms. The third-order valence-corrected chi connectivity index (χ3v) is 6.66. The lowest BCUT2D eigenvalue weighted by molar-refractivity contribution is -0.158. The van der Waals surface area contributed by atoms with Crippen LogP contribution in [0.1, 0.15) is 85.1 Å². The highest BCUT2D eigenvalue weighted by Crippen LogP contribution is 2.38. The fourth-order valence-electron chi connectivity index (χ4n) is 4.18. The number of hydrogen-bond acceptors (Lipinski definition) is 4. The van der Waals surface area contributed by atoms with Crippen LogP contribution < -0.4 is 4.74 Å². The second-order valence-corrected chi connectivity index (χ2v) is 9.40. The standard InChI is InChI=1S/C24H37ClO4/c1-7-24(27,8-2)29-21-12-10-18(25)14-20(21)17(6)23(26)28-22-13-16(5)9-11-19(22)15(3)4/h10,12,14-17,19,22,27H,7-9,11,13H2,1-6H3. The molecule has 2 rings (SSSR count). The number of rotatable bonds is 8. The average Bonchev–Trinajstić information content (AvgIpc) is 2.68. The van der Waals surface area contributed by atoms with Crippen molar-refractivity contribution in [3.8, 4) is 5.75 Å². The summed E-state index contributed by atoms with van der Waals surface area (Å²) in [5, 5.41) is 11.1. The van der Waals surface area contributed by atoms with Gasteiger partial charge in [0.1, 0.15) is 11.9 Å². The third-order valence-electron chi connectivity index (χ3n) is 6.43. The zero-order chi connectivity index (χ0) is 21.8. The molecule has 1 aromatic carbocycles. The van der Waals surface area contributed by atoms with E-state index in [0.717, 1.165) is 12.8 Å². The van der Waals surface area contributed by atoms with Crippen LogP contribution in [0.3, 0.4) is 0 Å². The second kappa shape index (κ2) is 10.2. The fourth-order valence-corrected chi connectivity index (χ4v) is 4.36. The van der Waals surface area contributed by atoms with Crippen LogP contribution in [0.15, 0.2) is 18.2 Å². The number of ether oxygens (including phenoxy) is 2. The summed E-state index contributed by atoms with van der Waals surface area (Å²) >= 11 is 6.21. The largest absolute Gasteiger partial charge is 0.462 e. The van der Waals surface area contributed by atoms with Gasteiger partial charge in [-0.2, -0.15) is 0 Å². The van der Waals surface area contributed by atoms with E-state index in [0.29, 0.717) is 46.9 Å². The topological polar surface area (TPSA) is 55.8 Å². The highest BCUT2D eigenvalue weighted by Gasteiger charge is 2.35. The van der Waals surface area contributed by atoms with Gasteiger partial charge in [-0.05, 0) is 55.7 Å². The maximum absolute atomic E-state index is 13.1. The maximum Gasteiger partial charge on any atom is 0.313 e. The summed E-state index contributed by atoms with van der Waals surface area (Å²) in [6, 6.07) is 5.16. The number of carbonyl (C=O) groups excluding carboxylic acids is 1. The minimum atomic E-state index is -1.27. The van der Waals surface area contributed by atoms with E-state index in [4.69, 9.17) is 21.1 Å². The first-order chi connectivity index (χ1) is 13.6. The lowest BCUT2D eigenvalue weighted by atomic mass is 9.75. The Morgan fingerprint density at radius 3 is 2.48 bits per heavy atom. The van der Waals surface area contributed by atoms with Crippen molar-refractivity contribution in [1.82, 2.24) is 0 Å². The van der Waals surface area contributed by atoms with Gasteiger partial charge in [-0.3, -0.25) is 4.79 Å². The first-order valence-corrected chi connectivity index (χ1v) is 11.4. The van der Waals surface area contributed by atoms with Crippen LogP contribution in [-0.4, -0.2) is 23.0 Å². The average molecular weight is 425 g/mol. The Morgan fingerprint density at radius 2 is 1.90 bits per heavy atom. The molecule has 1 aliphatic carbocycles. The van der Waals surface area contributed by atoms with Gasteiger partial charge >= 0.3 is 5.97 Å². The van der Waals surface area contributed by atoms with Crippen LogP contribution in [0.4, 0.5) is 0 Å². The summed E-state index contributed by atoms with van der Waals surface area (Å²) in [4.78, 5) is 13.1. The molecule has 0 aliphatic heterocycles. The molecule has 29 heavy (non-hydrogen) atoms. The van der Waals surface area contributed by atoms with Gasteiger partial charge in [-0.1, -0.05) is 52.6 Å². The van der Waals surface area contributed by atoms with Gasteiger partial charge in [-0.25, -0.2) is 0 Å². The molecule has 0 saturated heterocycles. The van der Waals surface area contributed by atoms with Crippen LogP contribution in [0, 0.1) is 17.8 Å². The Morgan fingerprint density at radius 1 is 1.24 bits per heavy atom. The first kappa shape index (κ1) is 24.0. The summed E-state index contributed by atoms with van der Waals surface area (Å²) in [7, 11) is 0. The number of esters is 1. The summed E-state index contributed by atoms with van der Waals surface area (Å²) in [5.41, 5.74) is 0.646. The van der Waals surface area contributed by atoms with Crippen molar-refractivity contribution in [2.24, 2.45) is 17.8 Å². The fraction of sp³-hybridized carbons (Fsp3) is 0.708. The minimum Gasteiger partial charge on any atom is -0.462 e. The predicted octanol–water partition coefficient (Wildman–Crippen LogP) is 6.33.